The molecule has 0 atom stereocenters. The van der Waals surface area contributed by atoms with Gasteiger partial charge in [0, 0.05) is 37.8 Å². The number of carbonyl (C=O) groups excluding carboxylic acids is 2. The molecule has 0 aromatic heterocycles. The third-order valence-corrected chi connectivity index (χ3v) is 4.19. The van der Waals surface area contributed by atoms with E-state index in [1.54, 1.807) is 40.1 Å². The average Bonchev–Trinajstić information content (AvgIpc) is 2.67. The van der Waals surface area contributed by atoms with Crippen molar-refractivity contribution in [2.45, 2.75) is 0 Å². The Labute approximate surface area is 146 Å². The summed E-state index contributed by atoms with van der Waals surface area (Å²) in [6.07, 6.45) is 3.16. The summed E-state index contributed by atoms with van der Waals surface area (Å²) < 4.78 is 12.9. The van der Waals surface area contributed by atoms with Gasteiger partial charge in [-0.1, -0.05) is 30.3 Å². The number of hydrogen-bond donors (Lipinski definition) is 0. The smallest absolute Gasteiger partial charge is 0.253 e. The Morgan fingerprint density at radius 2 is 1.44 bits per heavy atom. The van der Waals surface area contributed by atoms with Gasteiger partial charge >= 0.3 is 0 Å². The minimum Gasteiger partial charge on any atom is -0.336 e. The topological polar surface area (TPSA) is 40.6 Å². The van der Waals surface area contributed by atoms with Crippen molar-refractivity contribution in [3.63, 3.8) is 0 Å². The van der Waals surface area contributed by atoms with E-state index in [0.717, 1.165) is 5.56 Å². The van der Waals surface area contributed by atoms with Gasteiger partial charge in [0.2, 0.25) is 5.91 Å². The molecule has 5 heteroatoms. The van der Waals surface area contributed by atoms with E-state index >= 15 is 0 Å². The van der Waals surface area contributed by atoms with Crippen LogP contribution in [-0.4, -0.2) is 47.8 Å². The molecule has 0 N–H and O–H groups in total. The highest BCUT2D eigenvalue weighted by Crippen LogP contribution is 2.10. The van der Waals surface area contributed by atoms with Gasteiger partial charge in [-0.05, 0) is 35.9 Å². The van der Waals surface area contributed by atoms with E-state index in [1.165, 1.54) is 18.2 Å². The van der Waals surface area contributed by atoms with Crippen LogP contribution in [0.4, 0.5) is 4.39 Å². The number of halogens is 1. The number of nitrogens with zero attached hydrogens (tertiary/aromatic N) is 2. The van der Waals surface area contributed by atoms with Gasteiger partial charge in [0.25, 0.3) is 5.91 Å². The monoisotopic (exact) mass is 338 g/mol. The number of hydrogen-bond acceptors (Lipinski definition) is 2. The highest BCUT2D eigenvalue weighted by molar-refractivity contribution is 5.95. The molecule has 1 aliphatic rings. The van der Waals surface area contributed by atoms with Gasteiger partial charge in [0.1, 0.15) is 5.82 Å². The second kappa shape index (κ2) is 7.75. The van der Waals surface area contributed by atoms with Crippen molar-refractivity contribution in [3.05, 3.63) is 77.6 Å². The molecule has 128 valence electrons. The van der Waals surface area contributed by atoms with Gasteiger partial charge < -0.3 is 9.80 Å². The van der Waals surface area contributed by atoms with Crippen LogP contribution in [0.5, 0.6) is 0 Å². The van der Waals surface area contributed by atoms with E-state index < -0.39 is 0 Å². The van der Waals surface area contributed by atoms with Crippen LogP contribution in [0.25, 0.3) is 6.08 Å². The summed E-state index contributed by atoms with van der Waals surface area (Å²) in [4.78, 5) is 28.1. The van der Waals surface area contributed by atoms with Crippen molar-refractivity contribution in [3.8, 4) is 0 Å². The Bertz CT molecular complexity index is 764. The normalized spacial score (nSPS) is 14.8. The van der Waals surface area contributed by atoms with Crippen molar-refractivity contribution < 1.29 is 14.0 Å². The van der Waals surface area contributed by atoms with Gasteiger partial charge in [-0.25, -0.2) is 4.39 Å². The zero-order valence-electron chi connectivity index (χ0n) is 13.8. The Morgan fingerprint density at radius 3 is 2.08 bits per heavy atom. The lowest BCUT2D eigenvalue weighted by atomic mass is 10.1. The van der Waals surface area contributed by atoms with Gasteiger partial charge in [-0.2, -0.15) is 0 Å². The molecule has 2 aromatic rings. The van der Waals surface area contributed by atoms with Crippen molar-refractivity contribution in [1.29, 1.82) is 0 Å². The quantitative estimate of drug-likeness (QED) is 0.808. The lowest BCUT2D eigenvalue weighted by molar-refractivity contribution is -0.127. The molecule has 0 spiro atoms. The van der Waals surface area contributed by atoms with Crippen LogP contribution < -0.4 is 0 Å². The van der Waals surface area contributed by atoms with E-state index in [0.29, 0.717) is 31.7 Å². The van der Waals surface area contributed by atoms with Crippen molar-refractivity contribution >= 4 is 17.9 Å². The Hall–Kier alpha value is -2.95. The molecular formula is C20H19FN2O2. The van der Waals surface area contributed by atoms with Crippen LogP contribution in [0, 0.1) is 5.82 Å². The molecule has 1 fully saturated rings. The average molecular weight is 338 g/mol. The number of benzene rings is 2. The first-order chi connectivity index (χ1) is 12.1. The summed E-state index contributed by atoms with van der Waals surface area (Å²) >= 11 is 0. The summed E-state index contributed by atoms with van der Waals surface area (Å²) in [5, 5.41) is 0. The molecule has 0 radical (unpaired) electrons. The molecule has 4 nitrogen and oxygen atoms in total. The highest BCUT2D eigenvalue weighted by Gasteiger charge is 2.23. The number of piperazine rings is 1. The molecule has 25 heavy (non-hydrogen) atoms. The molecule has 0 aliphatic carbocycles. The van der Waals surface area contributed by atoms with Crippen molar-refractivity contribution in [1.82, 2.24) is 9.80 Å². The van der Waals surface area contributed by atoms with Gasteiger partial charge in [0.15, 0.2) is 0 Å². The highest BCUT2D eigenvalue weighted by atomic mass is 19.1. The van der Waals surface area contributed by atoms with E-state index in [2.05, 4.69) is 0 Å². The van der Waals surface area contributed by atoms with Gasteiger partial charge in [-0.15, -0.1) is 0 Å². The lowest BCUT2D eigenvalue weighted by Crippen LogP contribution is -2.50. The third kappa shape index (κ3) is 4.32. The summed E-state index contributed by atoms with van der Waals surface area (Å²) in [6, 6.07) is 15.1. The molecule has 0 unspecified atom stereocenters. The van der Waals surface area contributed by atoms with E-state index in [1.807, 2.05) is 18.2 Å². The molecule has 2 aromatic carbocycles. The zero-order chi connectivity index (χ0) is 17.6. The summed E-state index contributed by atoms with van der Waals surface area (Å²) in [5.41, 5.74) is 1.44. The first-order valence-corrected chi connectivity index (χ1v) is 8.20. The molecule has 1 saturated heterocycles. The number of carbonyl (C=O) groups is 2. The minimum absolute atomic E-state index is 0.00504. The fourth-order valence-electron chi connectivity index (χ4n) is 2.74. The van der Waals surface area contributed by atoms with Crippen LogP contribution in [0.1, 0.15) is 15.9 Å². The van der Waals surface area contributed by atoms with Gasteiger partial charge in [-0.3, -0.25) is 9.59 Å². The molecule has 1 aliphatic heterocycles. The standard InChI is InChI=1S/C20H19FN2O2/c21-18-9-6-16(7-10-18)8-11-19(24)22-12-14-23(15-13-22)20(25)17-4-2-1-3-5-17/h1-11H,12-15H2. The lowest BCUT2D eigenvalue weighted by Gasteiger charge is -2.34. The fraction of sp³-hybridized carbons (Fsp3) is 0.200. The molecule has 1 heterocycles. The van der Waals surface area contributed by atoms with Gasteiger partial charge in [0.05, 0.1) is 0 Å². The second-order valence-corrected chi connectivity index (χ2v) is 5.87. The van der Waals surface area contributed by atoms with Crippen molar-refractivity contribution in [2.75, 3.05) is 26.2 Å². The molecule has 3 rings (SSSR count). The molecular weight excluding hydrogens is 319 g/mol. The third-order valence-electron chi connectivity index (χ3n) is 4.19. The zero-order valence-corrected chi connectivity index (χ0v) is 13.8. The summed E-state index contributed by atoms with van der Waals surface area (Å²) in [7, 11) is 0. The Balaban J connectivity index is 1.54. The maximum absolute atomic E-state index is 12.9. The summed E-state index contributed by atoms with van der Waals surface area (Å²) in [6.45, 7) is 2.05. The molecule has 0 saturated carbocycles. The van der Waals surface area contributed by atoms with Crippen LogP contribution in [0.15, 0.2) is 60.7 Å². The fourth-order valence-corrected chi connectivity index (χ4v) is 2.74. The van der Waals surface area contributed by atoms with Crippen LogP contribution in [-0.2, 0) is 4.79 Å². The predicted octanol–water partition coefficient (Wildman–Crippen LogP) is 2.82. The van der Waals surface area contributed by atoms with Crippen molar-refractivity contribution in [2.24, 2.45) is 0 Å². The Kier molecular flexibility index (Phi) is 5.23. The van der Waals surface area contributed by atoms with E-state index in [9.17, 15) is 14.0 Å². The largest absolute Gasteiger partial charge is 0.336 e. The second-order valence-electron chi connectivity index (χ2n) is 5.87. The maximum Gasteiger partial charge on any atom is 0.253 e. The van der Waals surface area contributed by atoms with Crippen LogP contribution in [0.2, 0.25) is 0 Å². The Morgan fingerprint density at radius 1 is 0.840 bits per heavy atom. The number of rotatable bonds is 3. The maximum atomic E-state index is 12.9. The van der Waals surface area contributed by atoms with E-state index in [4.69, 9.17) is 0 Å². The first-order valence-electron chi connectivity index (χ1n) is 8.20. The van der Waals surface area contributed by atoms with E-state index in [-0.39, 0.29) is 17.6 Å². The first kappa shape index (κ1) is 16.9. The SMILES string of the molecule is O=C(C=Cc1ccc(F)cc1)N1CCN(C(=O)c2ccccc2)CC1. The molecule has 0 bridgehead atoms. The summed E-state index contributed by atoms with van der Waals surface area (Å²) in [5.74, 6) is -0.409. The van der Waals surface area contributed by atoms with Crippen LogP contribution >= 0.6 is 0 Å². The minimum atomic E-state index is -0.303. The number of amides is 2. The van der Waals surface area contributed by atoms with Crippen LogP contribution in [0.3, 0.4) is 0 Å². The predicted molar refractivity (Wildman–Crippen MR) is 94.4 cm³/mol. The molecule has 2 amide bonds.